The number of hydrogen-bond donors (Lipinski definition) is 0. The molecule has 0 aliphatic carbocycles. The van der Waals surface area contributed by atoms with Gasteiger partial charge in [0.25, 0.3) is 0 Å². The van der Waals surface area contributed by atoms with Crippen LogP contribution in [0.5, 0.6) is 0 Å². The number of pyridine rings is 2. The van der Waals surface area contributed by atoms with Gasteiger partial charge in [0, 0.05) is 13.2 Å². The van der Waals surface area contributed by atoms with Crippen LogP contribution in [-0.4, -0.2) is 19.5 Å². The van der Waals surface area contributed by atoms with Crippen molar-refractivity contribution in [2.24, 2.45) is 7.05 Å². The van der Waals surface area contributed by atoms with Crippen molar-refractivity contribution >= 4 is 50.8 Å². The highest BCUT2D eigenvalue weighted by atomic mass is 15.1. The highest BCUT2D eigenvalue weighted by molar-refractivity contribution is 6.18. The number of aromatic nitrogens is 4. The van der Waals surface area contributed by atoms with E-state index in [2.05, 4.69) is 139 Å². The lowest BCUT2D eigenvalue weighted by Gasteiger charge is -2.16. The maximum absolute atomic E-state index is 5.13. The van der Waals surface area contributed by atoms with Crippen molar-refractivity contribution in [1.29, 1.82) is 0 Å². The van der Waals surface area contributed by atoms with Crippen LogP contribution in [0.25, 0.3) is 84.8 Å². The van der Waals surface area contributed by atoms with Gasteiger partial charge in [0.2, 0.25) is 0 Å². The lowest BCUT2D eigenvalue weighted by molar-refractivity contribution is 0.950. The minimum absolute atomic E-state index is 0.816. The summed E-state index contributed by atoms with van der Waals surface area (Å²) in [5.41, 5.74) is 10.4. The lowest BCUT2D eigenvalue weighted by Crippen LogP contribution is -1.96. The molecule has 5 aromatic carbocycles. The highest BCUT2D eigenvalue weighted by Gasteiger charge is 2.17. The first-order valence-electron chi connectivity index (χ1n) is 15.9. The number of benzene rings is 5. The first-order valence-corrected chi connectivity index (χ1v) is 15.9. The number of hydrogen-bond acceptors (Lipinski definition) is 3. The van der Waals surface area contributed by atoms with E-state index in [9.17, 15) is 0 Å². The molecule has 0 N–H and O–H groups in total. The Bertz CT molecular complexity index is 2430. The van der Waals surface area contributed by atoms with E-state index in [0.717, 1.165) is 39.5 Å². The fourth-order valence-corrected chi connectivity index (χ4v) is 6.62. The van der Waals surface area contributed by atoms with Crippen LogP contribution < -0.4 is 0 Å². The Balaban J connectivity index is 1.28. The molecule has 0 fully saturated rings. The summed E-state index contributed by atoms with van der Waals surface area (Å²) in [5, 5.41) is 4.87. The monoisotopic (exact) mass is 604 g/mol. The van der Waals surface area contributed by atoms with Crippen molar-refractivity contribution in [3.63, 3.8) is 0 Å². The van der Waals surface area contributed by atoms with Gasteiger partial charge in [0.15, 0.2) is 5.82 Å². The Kier molecular flexibility index (Phi) is 7.23. The van der Waals surface area contributed by atoms with Gasteiger partial charge in [0.1, 0.15) is 5.69 Å². The summed E-state index contributed by atoms with van der Waals surface area (Å²) in [6, 6.07) is 44.5. The number of rotatable bonds is 6. The number of fused-ring (bicyclic) bond motifs is 3. The summed E-state index contributed by atoms with van der Waals surface area (Å²) < 4.78 is 2.12. The summed E-state index contributed by atoms with van der Waals surface area (Å²) in [7, 11) is 2.06. The highest BCUT2D eigenvalue weighted by Crippen LogP contribution is 2.41. The molecule has 3 aromatic heterocycles. The first kappa shape index (κ1) is 28.4. The Morgan fingerprint density at radius 1 is 0.553 bits per heavy atom. The van der Waals surface area contributed by atoms with Crippen molar-refractivity contribution in [1.82, 2.24) is 19.5 Å². The first-order chi connectivity index (χ1) is 23.2. The Morgan fingerprint density at radius 3 is 1.89 bits per heavy atom. The lowest BCUT2D eigenvalue weighted by atomic mass is 9.88. The maximum atomic E-state index is 5.13. The van der Waals surface area contributed by atoms with E-state index in [-0.39, 0.29) is 0 Å². The third-order valence-electron chi connectivity index (χ3n) is 8.82. The molecule has 0 atom stereocenters. The Hall–Kier alpha value is -6.13. The third kappa shape index (κ3) is 5.10. The second-order valence-corrected chi connectivity index (χ2v) is 11.7. The average molecular weight is 605 g/mol. The van der Waals surface area contributed by atoms with Gasteiger partial charge in [-0.2, -0.15) is 0 Å². The van der Waals surface area contributed by atoms with Gasteiger partial charge >= 0.3 is 0 Å². The molecule has 0 spiro atoms. The van der Waals surface area contributed by atoms with Crippen LogP contribution in [0.15, 0.2) is 140 Å². The molecule has 8 rings (SSSR count). The van der Waals surface area contributed by atoms with Crippen LogP contribution in [0.1, 0.15) is 23.6 Å². The molecule has 0 amide bonds. The number of imidazole rings is 1. The second-order valence-electron chi connectivity index (χ2n) is 11.7. The van der Waals surface area contributed by atoms with E-state index >= 15 is 0 Å². The van der Waals surface area contributed by atoms with Crippen LogP contribution >= 0.6 is 0 Å². The zero-order chi connectivity index (χ0) is 31.7. The number of aryl methyl sites for hydroxylation is 1. The number of nitrogens with zero attached hydrogens (tertiary/aromatic N) is 4. The summed E-state index contributed by atoms with van der Waals surface area (Å²) >= 11 is 0. The van der Waals surface area contributed by atoms with E-state index in [1.54, 1.807) is 6.20 Å². The molecule has 0 aliphatic rings. The van der Waals surface area contributed by atoms with E-state index in [1.165, 1.54) is 43.8 Å². The zero-order valence-electron chi connectivity index (χ0n) is 26.3. The molecular formula is C43H32N4. The predicted molar refractivity (Wildman–Crippen MR) is 198 cm³/mol. The van der Waals surface area contributed by atoms with Crippen molar-refractivity contribution in [3.05, 3.63) is 156 Å². The van der Waals surface area contributed by atoms with Crippen molar-refractivity contribution in [3.8, 4) is 34.0 Å². The molecule has 4 heteroatoms. The molecule has 47 heavy (non-hydrogen) atoms. The molecule has 0 unspecified atom stereocenters. The molecular weight excluding hydrogens is 573 g/mol. The standard InChI is InChI=1S/C43H32N4/c1-3-13-29-14-4-5-15-30(29)23-25-34-32-16-6-8-18-35(32)42(36-19-9-7-17-33(34)36)31-24-26-41-40(28-31)46-43(47(41)2)39-22-12-21-38(45-39)37-20-10-11-27-44-37/h3-28H,1-2H3/b13-3-,25-23+. The van der Waals surface area contributed by atoms with E-state index in [0.29, 0.717) is 0 Å². The summed E-state index contributed by atoms with van der Waals surface area (Å²) in [4.78, 5) is 14.6. The van der Waals surface area contributed by atoms with Gasteiger partial charge in [-0.3, -0.25) is 4.98 Å². The quantitative estimate of drug-likeness (QED) is 0.140. The topological polar surface area (TPSA) is 43.6 Å². The molecule has 0 saturated carbocycles. The van der Waals surface area contributed by atoms with Crippen LogP contribution in [0.4, 0.5) is 0 Å². The van der Waals surface area contributed by atoms with E-state index in [1.807, 2.05) is 36.4 Å². The van der Waals surface area contributed by atoms with Crippen LogP contribution in [-0.2, 0) is 7.05 Å². The van der Waals surface area contributed by atoms with E-state index < -0.39 is 0 Å². The number of allylic oxidation sites excluding steroid dienone is 1. The molecule has 0 radical (unpaired) electrons. The second kappa shape index (κ2) is 12.0. The fourth-order valence-electron chi connectivity index (χ4n) is 6.62. The van der Waals surface area contributed by atoms with Crippen molar-refractivity contribution < 1.29 is 0 Å². The van der Waals surface area contributed by atoms with Gasteiger partial charge in [-0.25, -0.2) is 9.97 Å². The largest absolute Gasteiger partial charge is 0.326 e. The normalized spacial score (nSPS) is 11.9. The fraction of sp³-hybridized carbons (Fsp3) is 0.0465. The molecule has 3 heterocycles. The van der Waals surface area contributed by atoms with Gasteiger partial charge < -0.3 is 4.57 Å². The minimum atomic E-state index is 0.816. The third-order valence-corrected chi connectivity index (χ3v) is 8.82. The smallest absolute Gasteiger partial charge is 0.159 e. The van der Waals surface area contributed by atoms with E-state index in [4.69, 9.17) is 9.97 Å². The van der Waals surface area contributed by atoms with Gasteiger partial charge in [-0.15, -0.1) is 0 Å². The summed E-state index contributed by atoms with van der Waals surface area (Å²) in [5.74, 6) is 0.823. The average Bonchev–Trinajstić information content (AvgIpc) is 3.46. The van der Waals surface area contributed by atoms with Gasteiger partial charge in [-0.1, -0.05) is 115 Å². The van der Waals surface area contributed by atoms with Gasteiger partial charge in [0.05, 0.1) is 22.4 Å². The molecule has 224 valence electrons. The van der Waals surface area contributed by atoms with Gasteiger partial charge in [-0.05, 0) is 92.7 Å². The van der Waals surface area contributed by atoms with Crippen molar-refractivity contribution in [2.45, 2.75) is 6.92 Å². The van der Waals surface area contributed by atoms with Crippen LogP contribution in [0, 0.1) is 0 Å². The Labute approximate surface area is 274 Å². The minimum Gasteiger partial charge on any atom is -0.326 e. The van der Waals surface area contributed by atoms with Crippen molar-refractivity contribution in [2.75, 3.05) is 0 Å². The molecule has 0 bridgehead atoms. The maximum Gasteiger partial charge on any atom is 0.159 e. The zero-order valence-corrected chi connectivity index (χ0v) is 26.3. The van der Waals surface area contributed by atoms with Crippen LogP contribution in [0.3, 0.4) is 0 Å². The molecule has 8 aromatic rings. The molecule has 0 saturated heterocycles. The summed E-state index contributed by atoms with van der Waals surface area (Å²) in [6.45, 7) is 2.06. The SMILES string of the molecule is C/C=C\c1ccccc1/C=C/c1c2ccccc2c(-c2ccc3c(c2)nc(-c2cccc(-c4ccccn4)n2)n3C)c2ccccc12. The molecule has 4 nitrogen and oxygen atoms in total. The predicted octanol–water partition coefficient (Wildman–Crippen LogP) is 10.9. The summed E-state index contributed by atoms with van der Waals surface area (Å²) in [6.07, 6.45) is 10.5. The van der Waals surface area contributed by atoms with Crippen LogP contribution in [0.2, 0.25) is 0 Å². The molecule has 0 aliphatic heterocycles. The Morgan fingerprint density at radius 2 is 1.19 bits per heavy atom.